The molecule has 4 nitrogen and oxygen atoms in total. The summed E-state index contributed by atoms with van der Waals surface area (Å²) in [7, 11) is 0. The molecule has 28 heavy (non-hydrogen) atoms. The van der Waals surface area contributed by atoms with Crippen molar-refractivity contribution in [3.8, 4) is 11.3 Å². The second kappa shape index (κ2) is 7.52. The quantitative estimate of drug-likeness (QED) is 0.606. The number of rotatable bonds is 4. The van der Waals surface area contributed by atoms with E-state index in [0.717, 1.165) is 16.0 Å². The van der Waals surface area contributed by atoms with Crippen LogP contribution in [0.25, 0.3) is 17.4 Å². The van der Waals surface area contributed by atoms with E-state index in [1.165, 1.54) is 11.8 Å². The predicted molar refractivity (Wildman–Crippen MR) is 111 cm³/mol. The van der Waals surface area contributed by atoms with Gasteiger partial charge in [0.05, 0.1) is 4.91 Å². The van der Waals surface area contributed by atoms with E-state index in [-0.39, 0.29) is 17.7 Å². The molecule has 1 amide bonds. The molecule has 0 bridgehead atoms. The van der Waals surface area contributed by atoms with Crippen LogP contribution in [-0.2, 0) is 0 Å². The van der Waals surface area contributed by atoms with Gasteiger partial charge in [-0.05, 0) is 56.3 Å². The van der Waals surface area contributed by atoms with Crippen molar-refractivity contribution in [1.29, 1.82) is 0 Å². The summed E-state index contributed by atoms with van der Waals surface area (Å²) in [6.45, 7) is 3.85. The Labute approximate surface area is 167 Å². The summed E-state index contributed by atoms with van der Waals surface area (Å²) in [5.41, 5.74) is 2.13. The first-order valence-electron chi connectivity index (χ1n) is 9.05. The largest absolute Gasteiger partial charge is 0.457 e. The van der Waals surface area contributed by atoms with Crippen LogP contribution in [0.15, 0.2) is 74.9 Å². The maximum atomic E-state index is 12.5. The molecule has 3 aromatic rings. The molecule has 1 aliphatic heterocycles. The lowest BCUT2D eigenvalue weighted by Gasteiger charge is -2.08. The number of hydrogen-bond donors (Lipinski definition) is 1. The van der Waals surface area contributed by atoms with Gasteiger partial charge < -0.3 is 9.73 Å². The van der Waals surface area contributed by atoms with Crippen molar-refractivity contribution in [3.63, 3.8) is 0 Å². The zero-order chi connectivity index (χ0) is 19.7. The number of ketones is 1. The summed E-state index contributed by atoms with van der Waals surface area (Å²) in [6, 6.07) is 18.6. The van der Waals surface area contributed by atoms with Gasteiger partial charge in [0.1, 0.15) is 11.5 Å². The lowest BCUT2D eigenvalue weighted by Crippen LogP contribution is -2.29. The normalized spacial score (nSPS) is 14.5. The number of furan rings is 1. The molecule has 0 aliphatic carbocycles. The molecule has 0 unspecified atom stereocenters. The standard InChI is InChI=1S/C23H19NO3S/c1-14(2)24-23(26)16-7-5-6-15(12-16)19-11-10-17(27-19)13-21-22(25)18-8-3-4-9-20(18)28-21/h3-14H,1-2H3,(H,24,26). The number of fused-ring (bicyclic) bond motifs is 1. The minimum atomic E-state index is -0.114. The van der Waals surface area contributed by atoms with Gasteiger partial charge >= 0.3 is 0 Å². The van der Waals surface area contributed by atoms with Crippen LogP contribution < -0.4 is 5.32 Å². The molecule has 2 aromatic carbocycles. The highest BCUT2D eigenvalue weighted by Gasteiger charge is 2.25. The maximum Gasteiger partial charge on any atom is 0.251 e. The van der Waals surface area contributed by atoms with Gasteiger partial charge in [0.2, 0.25) is 5.78 Å². The highest BCUT2D eigenvalue weighted by molar-refractivity contribution is 8.04. The molecule has 5 heteroatoms. The monoisotopic (exact) mass is 389 g/mol. The van der Waals surface area contributed by atoms with Gasteiger partial charge in [-0.3, -0.25) is 9.59 Å². The molecule has 0 fully saturated rings. The summed E-state index contributed by atoms with van der Waals surface area (Å²) in [5, 5.41) is 2.89. The van der Waals surface area contributed by atoms with Crippen molar-refractivity contribution in [1.82, 2.24) is 5.32 Å². The number of allylic oxidation sites excluding steroid dienone is 1. The van der Waals surface area contributed by atoms with Crippen LogP contribution >= 0.6 is 11.8 Å². The van der Waals surface area contributed by atoms with Crippen LogP contribution in [0.2, 0.25) is 0 Å². The minimum Gasteiger partial charge on any atom is -0.457 e. The second-order valence-electron chi connectivity index (χ2n) is 6.85. The van der Waals surface area contributed by atoms with Crippen LogP contribution in [-0.4, -0.2) is 17.7 Å². The maximum absolute atomic E-state index is 12.5. The van der Waals surface area contributed by atoms with E-state index in [9.17, 15) is 9.59 Å². The molecule has 1 aliphatic rings. The summed E-state index contributed by atoms with van der Waals surface area (Å²) in [6.07, 6.45) is 1.77. The molecule has 0 spiro atoms. The Kier molecular flexibility index (Phi) is 4.92. The molecule has 2 heterocycles. The predicted octanol–water partition coefficient (Wildman–Crippen LogP) is 5.41. The number of hydrogen-bond acceptors (Lipinski definition) is 4. The average Bonchev–Trinajstić information content (AvgIpc) is 3.27. The van der Waals surface area contributed by atoms with Gasteiger partial charge in [0.25, 0.3) is 5.91 Å². The van der Waals surface area contributed by atoms with E-state index < -0.39 is 0 Å². The Morgan fingerprint density at radius 1 is 1.07 bits per heavy atom. The van der Waals surface area contributed by atoms with Gasteiger partial charge in [-0.2, -0.15) is 0 Å². The van der Waals surface area contributed by atoms with Gasteiger partial charge in [-0.25, -0.2) is 0 Å². The Balaban J connectivity index is 1.58. The van der Waals surface area contributed by atoms with Gasteiger partial charge in [0.15, 0.2) is 0 Å². The van der Waals surface area contributed by atoms with Crippen LogP contribution in [0.1, 0.15) is 40.3 Å². The number of amides is 1. The highest BCUT2D eigenvalue weighted by Crippen LogP contribution is 2.40. The van der Waals surface area contributed by atoms with E-state index in [1.54, 1.807) is 18.2 Å². The van der Waals surface area contributed by atoms with Crippen molar-refractivity contribution in [2.45, 2.75) is 24.8 Å². The Hall–Kier alpha value is -3.05. The lowest BCUT2D eigenvalue weighted by atomic mass is 10.1. The fourth-order valence-electron chi connectivity index (χ4n) is 3.01. The van der Waals surface area contributed by atoms with E-state index in [0.29, 0.717) is 22.0 Å². The molecule has 1 aromatic heterocycles. The van der Waals surface area contributed by atoms with Gasteiger partial charge in [0, 0.05) is 27.6 Å². The summed E-state index contributed by atoms with van der Waals surface area (Å²) in [4.78, 5) is 26.3. The van der Waals surface area contributed by atoms with Crippen LogP contribution in [0.4, 0.5) is 0 Å². The Morgan fingerprint density at radius 3 is 2.68 bits per heavy atom. The van der Waals surface area contributed by atoms with Crippen LogP contribution in [0, 0.1) is 0 Å². The molecule has 4 rings (SSSR count). The summed E-state index contributed by atoms with van der Waals surface area (Å²) in [5.74, 6) is 1.16. The van der Waals surface area contributed by atoms with E-state index in [2.05, 4.69) is 5.32 Å². The van der Waals surface area contributed by atoms with Crippen LogP contribution in [0.3, 0.4) is 0 Å². The third kappa shape index (κ3) is 3.66. The number of benzene rings is 2. The average molecular weight is 389 g/mol. The summed E-state index contributed by atoms with van der Waals surface area (Å²) < 4.78 is 5.92. The molecule has 1 N–H and O–H groups in total. The summed E-state index contributed by atoms with van der Waals surface area (Å²) >= 11 is 1.45. The number of Topliss-reactive ketones (excluding diaryl/α,β-unsaturated/α-hetero) is 1. The minimum absolute atomic E-state index is 0.0194. The second-order valence-corrected chi connectivity index (χ2v) is 7.93. The van der Waals surface area contributed by atoms with Crippen molar-refractivity contribution < 1.29 is 14.0 Å². The molecule has 0 saturated heterocycles. The first-order valence-corrected chi connectivity index (χ1v) is 9.87. The Morgan fingerprint density at radius 2 is 1.89 bits per heavy atom. The number of nitrogens with one attached hydrogen (secondary N) is 1. The molecular weight excluding hydrogens is 370 g/mol. The van der Waals surface area contributed by atoms with Crippen molar-refractivity contribution in [2.24, 2.45) is 0 Å². The van der Waals surface area contributed by atoms with Crippen LogP contribution in [0.5, 0.6) is 0 Å². The zero-order valence-electron chi connectivity index (χ0n) is 15.6. The van der Waals surface area contributed by atoms with Crippen molar-refractivity contribution in [2.75, 3.05) is 0 Å². The highest BCUT2D eigenvalue weighted by atomic mass is 32.2. The topological polar surface area (TPSA) is 59.3 Å². The fraction of sp³-hybridized carbons (Fsp3) is 0.130. The van der Waals surface area contributed by atoms with Gasteiger partial charge in [-0.15, -0.1) is 0 Å². The van der Waals surface area contributed by atoms with Gasteiger partial charge in [-0.1, -0.05) is 36.0 Å². The molecular formula is C23H19NO3S. The molecule has 0 saturated carbocycles. The lowest BCUT2D eigenvalue weighted by molar-refractivity contribution is 0.0942. The first-order chi connectivity index (χ1) is 13.5. The molecule has 140 valence electrons. The Bertz CT molecular complexity index is 1090. The zero-order valence-corrected chi connectivity index (χ0v) is 16.4. The third-order valence-electron chi connectivity index (χ3n) is 4.30. The smallest absolute Gasteiger partial charge is 0.251 e. The number of thioether (sulfide) groups is 1. The van der Waals surface area contributed by atoms with E-state index in [1.807, 2.05) is 62.4 Å². The first kappa shape index (κ1) is 18.3. The number of carbonyl (C=O) groups excluding carboxylic acids is 2. The third-order valence-corrected chi connectivity index (χ3v) is 5.40. The fourth-order valence-corrected chi connectivity index (χ4v) is 4.04. The van der Waals surface area contributed by atoms with Crippen molar-refractivity contribution in [3.05, 3.63) is 82.5 Å². The van der Waals surface area contributed by atoms with E-state index in [4.69, 9.17) is 4.42 Å². The molecule has 0 atom stereocenters. The van der Waals surface area contributed by atoms with E-state index >= 15 is 0 Å². The SMILES string of the molecule is CC(C)NC(=O)c1cccc(-c2ccc(C=C3Sc4ccccc4C3=O)o2)c1. The number of carbonyl (C=O) groups is 2. The van der Waals surface area contributed by atoms with Crippen molar-refractivity contribution >= 4 is 29.5 Å². The molecule has 0 radical (unpaired) electrons.